The van der Waals surface area contributed by atoms with Gasteiger partial charge < -0.3 is 5.11 Å². The number of aryl methyl sites for hydroxylation is 1. The molecule has 1 N–H and O–H groups in total. The molecule has 0 aromatic carbocycles. The zero-order chi connectivity index (χ0) is 12.1. The molecule has 1 unspecified atom stereocenters. The Morgan fingerprint density at radius 1 is 1.47 bits per heavy atom. The molecule has 1 aromatic heterocycles. The molecule has 1 aliphatic carbocycles. The number of aliphatic hydroxyl groups is 1. The summed E-state index contributed by atoms with van der Waals surface area (Å²) in [4.78, 5) is 0. The van der Waals surface area contributed by atoms with Gasteiger partial charge in [-0.1, -0.05) is 32.6 Å². The van der Waals surface area contributed by atoms with Gasteiger partial charge in [0.25, 0.3) is 0 Å². The molecule has 1 atom stereocenters. The van der Waals surface area contributed by atoms with Gasteiger partial charge in [-0.15, -0.1) is 0 Å². The van der Waals surface area contributed by atoms with Gasteiger partial charge in [-0.25, -0.2) is 0 Å². The third kappa shape index (κ3) is 3.56. The molecule has 96 valence electrons. The maximum atomic E-state index is 10.1. The molecule has 2 rings (SSSR count). The third-order valence-electron chi connectivity index (χ3n) is 3.81. The SMILES string of the molecule is CCCn1cc(C(O)CCC2CCCC2)cn1. The minimum absolute atomic E-state index is 0.318. The fourth-order valence-corrected chi connectivity index (χ4v) is 2.76. The summed E-state index contributed by atoms with van der Waals surface area (Å²) in [5, 5.41) is 14.4. The molecule has 0 saturated heterocycles. The minimum atomic E-state index is -0.318. The van der Waals surface area contributed by atoms with Crippen LogP contribution in [0.1, 0.15) is 63.5 Å². The lowest BCUT2D eigenvalue weighted by molar-refractivity contribution is 0.157. The van der Waals surface area contributed by atoms with Crippen LogP contribution in [0.3, 0.4) is 0 Å². The summed E-state index contributed by atoms with van der Waals surface area (Å²) in [5.74, 6) is 0.857. The summed E-state index contributed by atoms with van der Waals surface area (Å²) in [6.07, 6.45) is 12.1. The molecule has 3 nitrogen and oxygen atoms in total. The Hall–Kier alpha value is -0.830. The monoisotopic (exact) mass is 236 g/mol. The van der Waals surface area contributed by atoms with E-state index in [2.05, 4.69) is 12.0 Å². The number of aliphatic hydroxyl groups excluding tert-OH is 1. The number of rotatable bonds is 6. The van der Waals surface area contributed by atoms with Gasteiger partial charge in [0, 0.05) is 18.3 Å². The second-order valence-electron chi connectivity index (χ2n) is 5.28. The van der Waals surface area contributed by atoms with Crippen LogP contribution in [0.5, 0.6) is 0 Å². The second kappa shape index (κ2) is 6.20. The van der Waals surface area contributed by atoms with Gasteiger partial charge in [-0.05, 0) is 25.2 Å². The van der Waals surface area contributed by atoms with Crippen molar-refractivity contribution in [1.29, 1.82) is 0 Å². The second-order valence-corrected chi connectivity index (χ2v) is 5.28. The van der Waals surface area contributed by atoms with E-state index < -0.39 is 0 Å². The highest BCUT2D eigenvalue weighted by Gasteiger charge is 2.17. The van der Waals surface area contributed by atoms with Crippen LogP contribution < -0.4 is 0 Å². The lowest BCUT2D eigenvalue weighted by Gasteiger charge is -2.12. The van der Waals surface area contributed by atoms with Crippen molar-refractivity contribution >= 4 is 0 Å². The third-order valence-corrected chi connectivity index (χ3v) is 3.81. The van der Waals surface area contributed by atoms with Gasteiger partial charge in [-0.3, -0.25) is 4.68 Å². The van der Waals surface area contributed by atoms with E-state index in [1.54, 1.807) is 0 Å². The lowest BCUT2D eigenvalue weighted by Crippen LogP contribution is -2.01. The van der Waals surface area contributed by atoms with Crippen molar-refractivity contribution in [1.82, 2.24) is 9.78 Å². The molecule has 1 aliphatic rings. The summed E-state index contributed by atoms with van der Waals surface area (Å²) in [5.41, 5.74) is 0.983. The van der Waals surface area contributed by atoms with Gasteiger partial charge in [-0.2, -0.15) is 5.10 Å². The topological polar surface area (TPSA) is 38.0 Å². The first-order valence-corrected chi connectivity index (χ1v) is 7.00. The smallest absolute Gasteiger partial charge is 0.0820 e. The number of nitrogens with zero attached hydrogens (tertiary/aromatic N) is 2. The molecule has 0 radical (unpaired) electrons. The molecular weight excluding hydrogens is 212 g/mol. The van der Waals surface area contributed by atoms with Crippen LogP contribution in [0, 0.1) is 5.92 Å². The van der Waals surface area contributed by atoms with Crippen molar-refractivity contribution in [3.63, 3.8) is 0 Å². The van der Waals surface area contributed by atoms with E-state index in [0.29, 0.717) is 0 Å². The maximum Gasteiger partial charge on any atom is 0.0820 e. The first-order valence-electron chi connectivity index (χ1n) is 7.00. The summed E-state index contributed by atoms with van der Waals surface area (Å²) >= 11 is 0. The summed E-state index contributed by atoms with van der Waals surface area (Å²) < 4.78 is 1.92. The Bertz CT molecular complexity index is 329. The van der Waals surface area contributed by atoms with E-state index in [1.165, 1.54) is 32.1 Å². The van der Waals surface area contributed by atoms with Crippen LogP contribution in [0.15, 0.2) is 12.4 Å². The van der Waals surface area contributed by atoms with Crippen molar-refractivity contribution in [3.8, 4) is 0 Å². The van der Waals surface area contributed by atoms with Gasteiger partial charge >= 0.3 is 0 Å². The largest absolute Gasteiger partial charge is 0.388 e. The van der Waals surface area contributed by atoms with Crippen LogP contribution in [0.2, 0.25) is 0 Å². The molecular formula is C14H24N2O. The highest BCUT2D eigenvalue weighted by Crippen LogP contribution is 2.31. The molecule has 0 aliphatic heterocycles. The first-order chi connectivity index (χ1) is 8.29. The van der Waals surface area contributed by atoms with E-state index in [4.69, 9.17) is 0 Å². The molecule has 0 amide bonds. The molecule has 1 saturated carbocycles. The van der Waals surface area contributed by atoms with Gasteiger partial charge in [0.2, 0.25) is 0 Å². The highest BCUT2D eigenvalue weighted by molar-refractivity contribution is 5.07. The molecule has 17 heavy (non-hydrogen) atoms. The van der Waals surface area contributed by atoms with Gasteiger partial charge in [0.05, 0.1) is 12.3 Å². The Morgan fingerprint density at radius 3 is 2.94 bits per heavy atom. The lowest BCUT2D eigenvalue weighted by atomic mass is 9.98. The molecule has 1 heterocycles. The maximum absolute atomic E-state index is 10.1. The zero-order valence-corrected chi connectivity index (χ0v) is 10.8. The predicted molar refractivity (Wildman–Crippen MR) is 68.7 cm³/mol. The van der Waals surface area contributed by atoms with E-state index in [9.17, 15) is 5.11 Å². The predicted octanol–water partition coefficient (Wildman–Crippen LogP) is 3.30. The van der Waals surface area contributed by atoms with E-state index in [1.807, 2.05) is 17.1 Å². The average molecular weight is 236 g/mol. The van der Waals surface area contributed by atoms with E-state index in [-0.39, 0.29) is 6.10 Å². The number of hydrogen-bond acceptors (Lipinski definition) is 2. The van der Waals surface area contributed by atoms with Crippen LogP contribution >= 0.6 is 0 Å². The number of hydrogen-bond donors (Lipinski definition) is 1. The van der Waals surface area contributed by atoms with Crippen molar-refractivity contribution in [2.24, 2.45) is 5.92 Å². The van der Waals surface area contributed by atoms with E-state index in [0.717, 1.165) is 30.9 Å². The Labute approximate surface area is 104 Å². The van der Waals surface area contributed by atoms with Crippen LogP contribution in [0.4, 0.5) is 0 Å². The Morgan fingerprint density at radius 2 is 2.24 bits per heavy atom. The fraction of sp³-hybridized carbons (Fsp3) is 0.786. The zero-order valence-electron chi connectivity index (χ0n) is 10.8. The fourth-order valence-electron chi connectivity index (χ4n) is 2.76. The highest BCUT2D eigenvalue weighted by atomic mass is 16.3. The molecule has 0 spiro atoms. The summed E-state index contributed by atoms with van der Waals surface area (Å²) in [7, 11) is 0. The van der Waals surface area contributed by atoms with Crippen molar-refractivity contribution in [3.05, 3.63) is 18.0 Å². The average Bonchev–Trinajstić information content (AvgIpc) is 2.97. The van der Waals surface area contributed by atoms with Gasteiger partial charge in [0.15, 0.2) is 0 Å². The summed E-state index contributed by atoms with van der Waals surface area (Å²) in [6, 6.07) is 0. The molecule has 1 fully saturated rings. The molecule has 1 aromatic rings. The Balaban J connectivity index is 1.79. The van der Waals surface area contributed by atoms with Crippen molar-refractivity contribution < 1.29 is 5.11 Å². The van der Waals surface area contributed by atoms with Crippen LogP contribution in [0.25, 0.3) is 0 Å². The summed E-state index contributed by atoms with van der Waals surface area (Å²) in [6.45, 7) is 3.08. The van der Waals surface area contributed by atoms with Crippen molar-refractivity contribution in [2.75, 3.05) is 0 Å². The van der Waals surface area contributed by atoms with Crippen LogP contribution in [-0.4, -0.2) is 14.9 Å². The molecule has 3 heteroatoms. The van der Waals surface area contributed by atoms with Gasteiger partial charge in [0.1, 0.15) is 0 Å². The number of aromatic nitrogens is 2. The van der Waals surface area contributed by atoms with Crippen molar-refractivity contribution in [2.45, 2.75) is 64.5 Å². The molecule has 0 bridgehead atoms. The quantitative estimate of drug-likeness (QED) is 0.823. The normalized spacial score (nSPS) is 18.7. The van der Waals surface area contributed by atoms with E-state index >= 15 is 0 Å². The standard InChI is InChI=1S/C14H24N2O/c1-2-9-16-11-13(10-15-16)14(17)8-7-12-5-3-4-6-12/h10-12,14,17H,2-9H2,1H3. The minimum Gasteiger partial charge on any atom is -0.388 e. The first kappa shape index (κ1) is 12.6. The Kier molecular flexibility index (Phi) is 4.60. The van der Waals surface area contributed by atoms with Crippen LogP contribution in [-0.2, 0) is 6.54 Å².